The molecule has 21 nitrogen and oxygen atoms in total. The van der Waals surface area contributed by atoms with Crippen LogP contribution in [0.1, 0.15) is 76.0 Å². The van der Waals surface area contributed by atoms with Crippen LogP contribution in [0.25, 0.3) is 21.3 Å². The quantitative estimate of drug-likeness (QED) is 0.0268. The van der Waals surface area contributed by atoms with E-state index < -0.39 is 35.4 Å². The number of pyridine rings is 1. The summed E-state index contributed by atoms with van der Waals surface area (Å²) in [5, 5.41) is 33.0. The Labute approximate surface area is 543 Å². The summed E-state index contributed by atoms with van der Waals surface area (Å²) in [4.78, 5) is 52.6. The largest absolute Gasteiger partial charge is 0.495 e. The molecule has 0 spiro atoms. The van der Waals surface area contributed by atoms with Crippen molar-refractivity contribution < 1.29 is 62.1 Å². The lowest BCUT2D eigenvalue weighted by Crippen LogP contribution is -2.58. The van der Waals surface area contributed by atoms with Gasteiger partial charge in [0.1, 0.15) is 30.5 Å². The van der Waals surface area contributed by atoms with Gasteiger partial charge < -0.3 is 78.4 Å². The van der Waals surface area contributed by atoms with E-state index >= 15 is 0 Å². The highest BCUT2D eigenvalue weighted by Crippen LogP contribution is 2.41. The lowest BCUT2D eigenvalue weighted by Gasteiger charge is -2.35. The molecule has 3 amide bonds. The van der Waals surface area contributed by atoms with E-state index in [2.05, 4.69) is 55.2 Å². The number of nitriles is 1. The molecule has 3 atom stereocenters. The van der Waals surface area contributed by atoms with Crippen LogP contribution in [0.3, 0.4) is 0 Å². The van der Waals surface area contributed by atoms with Crippen LogP contribution in [0, 0.1) is 23.7 Å². The number of aliphatic hydroxyl groups excluding tert-OH is 1. The average Bonchev–Trinajstić information content (AvgIpc) is 0.984. The van der Waals surface area contributed by atoms with Crippen LogP contribution < -0.4 is 30.2 Å². The lowest BCUT2D eigenvalue weighted by atomic mass is 9.85. The van der Waals surface area contributed by atoms with Gasteiger partial charge in [-0.2, -0.15) is 5.26 Å². The van der Waals surface area contributed by atoms with Crippen molar-refractivity contribution in [2.45, 2.75) is 91.0 Å². The second-order valence-corrected chi connectivity index (χ2v) is 25.0. The molecule has 2 fully saturated rings. The van der Waals surface area contributed by atoms with Gasteiger partial charge in [0.25, 0.3) is 0 Å². The van der Waals surface area contributed by atoms with Crippen molar-refractivity contribution in [2.75, 3.05) is 151 Å². The van der Waals surface area contributed by atoms with Crippen molar-refractivity contribution in [1.29, 1.82) is 5.26 Å². The third-order valence-electron chi connectivity index (χ3n) is 15.6. The highest BCUT2D eigenvalue weighted by atomic mass is 35.5. The normalized spacial score (nSPS) is 15.8. The fourth-order valence-corrected chi connectivity index (χ4v) is 12.0. The molecule has 2 saturated heterocycles. The number of fused-ring (bicyclic) bond motifs is 1. The summed E-state index contributed by atoms with van der Waals surface area (Å²) in [5.41, 5.74) is 4.57. The van der Waals surface area contributed by atoms with E-state index in [0.29, 0.717) is 115 Å². The van der Waals surface area contributed by atoms with Crippen molar-refractivity contribution in [3.05, 3.63) is 92.9 Å². The number of carbonyl (C=O) groups is 3. The number of rotatable bonds is 39. The van der Waals surface area contributed by atoms with Gasteiger partial charge in [-0.25, -0.2) is 0 Å². The maximum atomic E-state index is 14.0. The summed E-state index contributed by atoms with van der Waals surface area (Å²) >= 11 is 14.5. The number of hydrogen-bond acceptors (Lipinski definition) is 19. The Hall–Kier alpha value is -5.91. The number of hydrogen-bond donors (Lipinski definition) is 4. The smallest absolute Gasteiger partial charge is 0.246 e. The molecular weight excluding hydrogens is 1220 g/mol. The SMILES string of the molecule is COc1cc(Nc2c(C#N)cnc3cc(OCCCN4CCN(CCCCCCOCCOCCOCCOCCOCCOCC(=O)N[C@H](C(=O)N5C[C@H](O)C[C@H]5C(=O)NCc5ccc(-c6sccc6C)cc5)C(C)(C)C)CC4)c(OC)cc23)c(Cl)cc1Cl. The molecular formula is C66H90Cl2N8O13S. The summed E-state index contributed by atoms with van der Waals surface area (Å²) in [6, 6.07) is 17.4. The summed E-state index contributed by atoms with van der Waals surface area (Å²) in [6.45, 7) is 19.1. The number of likely N-dealkylation sites (tertiary alicyclic amines) is 1. The summed E-state index contributed by atoms with van der Waals surface area (Å²) in [5.74, 6) is 0.287. The number of unbranched alkanes of at least 4 members (excludes halogenated alkanes) is 3. The summed E-state index contributed by atoms with van der Waals surface area (Å²) in [7, 11) is 3.11. The van der Waals surface area contributed by atoms with Gasteiger partial charge in [-0.3, -0.25) is 19.4 Å². The van der Waals surface area contributed by atoms with Gasteiger partial charge in [-0.05, 0) is 78.4 Å². The number of nitrogens with zero attached hydrogens (tertiary/aromatic N) is 5. The molecule has 24 heteroatoms. The van der Waals surface area contributed by atoms with Crippen LogP contribution in [0.2, 0.25) is 10.0 Å². The molecule has 0 saturated carbocycles. The number of aliphatic hydroxyl groups is 1. The van der Waals surface area contributed by atoms with Gasteiger partial charge in [0, 0.05) is 87.4 Å². The fraction of sp³-hybridized carbons (Fsp3) is 0.561. The van der Waals surface area contributed by atoms with Gasteiger partial charge in [-0.1, -0.05) is 81.1 Å². The molecule has 90 heavy (non-hydrogen) atoms. The fourth-order valence-electron chi connectivity index (χ4n) is 10.5. The van der Waals surface area contributed by atoms with Crippen molar-refractivity contribution >= 4 is 74.5 Å². The van der Waals surface area contributed by atoms with Crippen molar-refractivity contribution in [1.82, 2.24) is 30.3 Å². The molecule has 4 N–H and O–H groups in total. The number of aromatic nitrogens is 1. The third-order valence-corrected chi connectivity index (χ3v) is 17.2. The average molecular weight is 1310 g/mol. The van der Waals surface area contributed by atoms with Crippen LogP contribution in [-0.4, -0.2) is 207 Å². The van der Waals surface area contributed by atoms with Crippen molar-refractivity contribution in [2.24, 2.45) is 5.41 Å². The maximum absolute atomic E-state index is 14.0. The molecule has 492 valence electrons. The number of aryl methyl sites for hydroxylation is 1. The molecule has 0 aliphatic carbocycles. The minimum atomic E-state index is -0.958. The van der Waals surface area contributed by atoms with Crippen molar-refractivity contribution in [3.8, 4) is 33.8 Å². The van der Waals surface area contributed by atoms with E-state index in [9.17, 15) is 24.8 Å². The number of β-amino-alcohol motifs (C(OH)–C–C–N with tert-alkyl or cyclic N) is 1. The van der Waals surface area contributed by atoms with E-state index in [0.717, 1.165) is 76.3 Å². The predicted molar refractivity (Wildman–Crippen MR) is 350 cm³/mol. The zero-order chi connectivity index (χ0) is 64.3. The number of methoxy groups -OCH3 is 2. The Morgan fingerprint density at radius 2 is 1.36 bits per heavy atom. The molecule has 5 aromatic rings. The Bertz CT molecular complexity index is 3080. The van der Waals surface area contributed by atoms with E-state index in [1.165, 1.54) is 41.5 Å². The van der Waals surface area contributed by atoms with Crippen LogP contribution in [-0.2, 0) is 49.3 Å². The first-order valence-electron chi connectivity index (χ1n) is 31.0. The first-order chi connectivity index (χ1) is 43.6. The minimum absolute atomic E-state index is 0.0101. The number of halogens is 2. The summed E-state index contributed by atoms with van der Waals surface area (Å²) < 4.78 is 51.1. The van der Waals surface area contributed by atoms with E-state index in [1.807, 2.05) is 57.2 Å². The zero-order valence-electron chi connectivity index (χ0n) is 52.9. The monoisotopic (exact) mass is 1300 g/mol. The number of anilines is 2. The summed E-state index contributed by atoms with van der Waals surface area (Å²) in [6.07, 6.45) is 6.15. The molecule has 4 heterocycles. The lowest BCUT2D eigenvalue weighted by molar-refractivity contribution is -0.144. The van der Waals surface area contributed by atoms with Crippen LogP contribution in [0.15, 0.2) is 66.2 Å². The van der Waals surface area contributed by atoms with E-state index in [1.54, 1.807) is 30.6 Å². The first-order valence-corrected chi connectivity index (χ1v) is 32.6. The Balaban J connectivity index is 0.626. The van der Waals surface area contributed by atoms with Crippen LogP contribution in [0.5, 0.6) is 17.2 Å². The molecule has 3 aromatic carbocycles. The molecule has 0 bridgehead atoms. The molecule has 2 aromatic heterocycles. The van der Waals surface area contributed by atoms with Gasteiger partial charge in [-0.15, -0.1) is 11.3 Å². The highest BCUT2D eigenvalue weighted by Gasteiger charge is 2.44. The van der Waals surface area contributed by atoms with E-state index in [4.69, 9.17) is 65.8 Å². The predicted octanol–water partition coefficient (Wildman–Crippen LogP) is 9.07. The molecule has 0 unspecified atom stereocenters. The molecule has 2 aliphatic heterocycles. The standard InChI is InChI=1S/C66H90Cl2N8O13S/c1-46-16-35-90-62(46)48-14-12-47(13-15-48)42-71-64(79)56-36-50(77)44-76(56)65(80)63(66(2,3)4)73-60(78)45-88-34-33-87-32-31-86-30-29-85-28-27-84-26-25-83-23-10-8-7-9-17-74-19-21-75(22-20-74)18-11-24-89-59-39-54-51(37-58(59)82-6)61(49(41-69)43-70-54)72-55-40-57(81-5)53(68)38-52(55)67/h12-16,35,37-40,43,50,56,63,77H,7-11,17-34,36,42,44-45H2,1-6H3,(H,70,72)(H,71,79)(H,73,78)/t50-,56+,63-/m1/s1. The number of amides is 3. The number of piperazine rings is 1. The topological polar surface area (TPSA) is 237 Å². The van der Waals surface area contributed by atoms with Gasteiger partial charge in [0.2, 0.25) is 17.7 Å². The highest BCUT2D eigenvalue weighted by molar-refractivity contribution is 7.13. The molecule has 2 aliphatic rings. The van der Waals surface area contributed by atoms with Gasteiger partial charge >= 0.3 is 0 Å². The van der Waals surface area contributed by atoms with E-state index in [-0.39, 0.29) is 45.2 Å². The van der Waals surface area contributed by atoms with Gasteiger partial charge in [0.15, 0.2) is 11.5 Å². The number of carbonyl (C=O) groups excluding carboxylic acids is 3. The van der Waals surface area contributed by atoms with Crippen molar-refractivity contribution in [3.63, 3.8) is 0 Å². The zero-order valence-corrected chi connectivity index (χ0v) is 55.2. The second-order valence-electron chi connectivity index (χ2n) is 23.3. The van der Waals surface area contributed by atoms with Crippen LogP contribution >= 0.6 is 34.5 Å². The number of nitrogens with one attached hydrogen (secondary N) is 3. The molecule has 0 radical (unpaired) electrons. The number of ether oxygens (including phenoxy) is 9. The first kappa shape index (κ1) is 71.5. The Morgan fingerprint density at radius 3 is 1.96 bits per heavy atom. The number of benzene rings is 3. The number of thiophene rings is 1. The molecule has 7 rings (SSSR count). The van der Waals surface area contributed by atoms with Crippen LogP contribution in [0.4, 0.5) is 11.4 Å². The van der Waals surface area contributed by atoms with Gasteiger partial charge in [0.05, 0.1) is 125 Å². The third kappa shape index (κ3) is 22.4. The Morgan fingerprint density at radius 1 is 0.744 bits per heavy atom. The Kier molecular flexibility index (Phi) is 29.9. The second kappa shape index (κ2) is 37.6. The maximum Gasteiger partial charge on any atom is 0.246 e. The minimum Gasteiger partial charge on any atom is -0.495 e.